The molecule has 2 aromatic carbocycles. The molecule has 2 rings (SSSR count). The zero-order chi connectivity index (χ0) is 15.2. The molecule has 110 valence electrons. The van der Waals surface area contributed by atoms with Crippen LogP contribution >= 0.6 is 15.9 Å². The van der Waals surface area contributed by atoms with E-state index in [1.807, 2.05) is 0 Å². The first-order chi connectivity index (χ1) is 10.1. The molecular formula is C16H15BrFNO2. The fourth-order valence-electron chi connectivity index (χ4n) is 1.80. The topological polar surface area (TPSA) is 38.3 Å². The van der Waals surface area contributed by atoms with Gasteiger partial charge in [-0.3, -0.25) is 0 Å². The Morgan fingerprint density at radius 2 is 1.95 bits per heavy atom. The lowest BCUT2D eigenvalue weighted by molar-refractivity contribution is 0.0526. The van der Waals surface area contributed by atoms with Crippen molar-refractivity contribution in [3.8, 4) is 0 Å². The lowest BCUT2D eigenvalue weighted by Gasteiger charge is -2.08. The average molecular weight is 352 g/mol. The summed E-state index contributed by atoms with van der Waals surface area (Å²) in [6.45, 7) is 2.49. The van der Waals surface area contributed by atoms with E-state index in [0.29, 0.717) is 28.8 Å². The Morgan fingerprint density at radius 1 is 1.24 bits per heavy atom. The molecular weight excluding hydrogens is 337 g/mol. The number of esters is 1. The molecule has 0 amide bonds. The second-order valence-corrected chi connectivity index (χ2v) is 5.30. The van der Waals surface area contributed by atoms with Gasteiger partial charge in [-0.1, -0.05) is 22.0 Å². The van der Waals surface area contributed by atoms with Crippen molar-refractivity contribution in [3.05, 3.63) is 63.9 Å². The quantitative estimate of drug-likeness (QED) is 0.812. The zero-order valence-corrected chi connectivity index (χ0v) is 13.1. The van der Waals surface area contributed by atoms with E-state index in [1.54, 1.807) is 43.3 Å². The lowest BCUT2D eigenvalue weighted by Crippen LogP contribution is -2.05. The van der Waals surface area contributed by atoms with Gasteiger partial charge in [0.05, 0.1) is 12.2 Å². The third-order valence-electron chi connectivity index (χ3n) is 2.89. The Labute approximate surface area is 131 Å². The number of anilines is 1. The molecule has 0 saturated carbocycles. The Bertz CT molecular complexity index is 629. The number of carbonyl (C=O) groups excluding carboxylic acids is 1. The van der Waals surface area contributed by atoms with Crippen LogP contribution in [0.25, 0.3) is 0 Å². The maximum Gasteiger partial charge on any atom is 0.338 e. The monoisotopic (exact) mass is 351 g/mol. The molecule has 0 aliphatic carbocycles. The number of hydrogen-bond acceptors (Lipinski definition) is 3. The molecule has 3 nitrogen and oxygen atoms in total. The molecule has 0 unspecified atom stereocenters. The van der Waals surface area contributed by atoms with E-state index in [9.17, 15) is 9.18 Å². The van der Waals surface area contributed by atoms with Crippen LogP contribution in [0.1, 0.15) is 22.8 Å². The lowest BCUT2D eigenvalue weighted by atomic mass is 10.2. The largest absolute Gasteiger partial charge is 0.462 e. The molecule has 0 saturated heterocycles. The van der Waals surface area contributed by atoms with E-state index < -0.39 is 0 Å². The molecule has 2 aromatic rings. The number of hydrogen-bond donors (Lipinski definition) is 1. The smallest absolute Gasteiger partial charge is 0.338 e. The van der Waals surface area contributed by atoms with Crippen LogP contribution in [0.5, 0.6) is 0 Å². The first-order valence-electron chi connectivity index (χ1n) is 6.55. The van der Waals surface area contributed by atoms with E-state index in [4.69, 9.17) is 4.74 Å². The molecule has 1 N–H and O–H groups in total. The highest BCUT2D eigenvalue weighted by Crippen LogP contribution is 2.17. The minimum absolute atomic E-state index is 0.264. The number of benzene rings is 2. The van der Waals surface area contributed by atoms with E-state index in [-0.39, 0.29) is 11.8 Å². The van der Waals surface area contributed by atoms with Crippen LogP contribution < -0.4 is 5.32 Å². The van der Waals surface area contributed by atoms with E-state index in [0.717, 1.165) is 5.69 Å². The van der Waals surface area contributed by atoms with Crippen LogP contribution in [0.3, 0.4) is 0 Å². The summed E-state index contributed by atoms with van der Waals surface area (Å²) in [6, 6.07) is 11.8. The third-order valence-corrected chi connectivity index (χ3v) is 3.39. The van der Waals surface area contributed by atoms with Gasteiger partial charge in [-0.05, 0) is 43.3 Å². The third kappa shape index (κ3) is 4.29. The van der Waals surface area contributed by atoms with Crippen molar-refractivity contribution < 1.29 is 13.9 Å². The summed E-state index contributed by atoms with van der Waals surface area (Å²) in [6.07, 6.45) is 0. The summed E-state index contributed by atoms with van der Waals surface area (Å²) in [7, 11) is 0. The minimum Gasteiger partial charge on any atom is -0.462 e. The molecule has 0 spiro atoms. The molecule has 21 heavy (non-hydrogen) atoms. The number of ether oxygens (including phenoxy) is 1. The maximum absolute atomic E-state index is 13.7. The van der Waals surface area contributed by atoms with Crippen molar-refractivity contribution in [1.82, 2.24) is 0 Å². The van der Waals surface area contributed by atoms with Gasteiger partial charge < -0.3 is 10.1 Å². The summed E-state index contributed by atoms with van der Waals surface area (Å²) < 4.78 is 19.3. The van der Waals surface area contributed by atoms with Crippen LogP contribution in [0, 0.1) is 5.82 Å². The molecule has 0 atom stereocenters. The van der Waals surface area contributed by atoms with E-state index in [1.165, 1.54) is 6.07 Å². The van der Waals surface area contributed by atoms with Crippen LogP contribution in [0.4, 0.5) is 10.1 Å². The van der Waals surface area contributed by atoms with Crippen LogP contribution in [-0.2, 0) is 11.3 Å². The minimum atomic E-state index is -0.344. The van der Waals surface area contributed by atoms with Crippen LogP contribution in [0.15, 0.2) is 46.9 Å². The Kier molecular flexibility index (Phi) is 5.33. The van der Waals surface area contributed by atoms with Crippen molar-refractivity contribution in [1.29, 1.82) is 0 Å². The number of rotatable bonds is 5. The van der Waals surface area contributed by atoms with Gasteiger partial charge in [0.1, 0.15) is 5.82 Å². The standard InChI is InChI=1S/C16H15BrFNO2/c1-2-21-16(20)11-4-7-14(8-5-11)19-10-12-3-6-13(17)9-15(12)18/h3-9,19H,2,10H2,1H3. The SMILES string of the molecule is CCOC(=O)c1ccc(NCc2ccc(Br)cc2F)cc1. The van der Waals surface area contributed by atoms with Gasteiger partial charge in [-0.15, -0.1) is 0 Å². The number of halogens is 2. The summed E-state index contributed by atoms with van der Waals surface area (Å²) in [4.78, 5) is 11.5. The second-order valence-electron chi connectivity index (χ2n) is 4.39. The van der Waals surface area contributed by atoms with Gasteiger partial charge in [0.15, 0.2) is 0 Å². The Morgan fingerprint density at radius 3 is 2.57 bits per heavy atom. The first-order valence-corrected chi connectivity index (χ1v) is 7.34. The maximum atomic E-state index is 13.7. The predicted octanol–water partition coefficient (Wildman–Crippen LogP) is 4.38. The molecule has 0 aliphatic rings. The van der Waals surface area contributed by atoms with Gasteiger partial charge in [0.2, 0.25) is 0 Å². The highest BCUT2D eigenvalue weighted by atomic mass is 79.9. The number of nitrogens with one attached hydrogen (secondary N) is 1. The average Bonchev–Trinajstić information content (AvgIpc) is 2.47. The molecule has 0 fully saturated rings. The van der Waals surface area contributed by atoms with Gasteiger partial charge >= 0.3 is 5.97 Å². The van der Waals surface area contributed by atoms with Crippen molar-refractivity contribution in [3.63, 3.8) is 0 Å². The normalized spacial score (nSPS) is 10.2. The van der Waals surface area contributed by atoms with Gasteiger partial charge in [-0.25, -0.2) is 9.18 Å². The fourth-order valence-corrected chi connectivity index (χ4v) is 2.13. The summed E-state index contributed by atoms with van der Waals surface area (Å²) >= 11 is 3.22. The van der Waals surface area contributed by atoms with Crippen molar-refractivity contribution >= 4 is 27.6 Å². The predicted molar refractivity (Wildman–Crippen MR) is 83.8 cm³/mol. The summed E-state index contributed by atoms with van der Waals surface area (Å²) in [5, 5.41) is 3.11. The van der Waals surface area contributed by atoms with Gasteiger partial charge in [0.25, 0.3) is 0 Å². The van der Waals surface area contributed by atoms with Crippen molar-refractivity contribution in [2.24, 2.45) is 0 Å². The van der Waals surface area contributed by atoms with Crippen molar-refractivity contribution in [2.75, 3.05) is 11.9 Å². The summed E-state index contributed by atoms with van der Waals surface area (Å²) in [5.74, 6) is -0.608. The number of carbonyl (C=O) groups is 1. The van der Waals surface area contributed by atoms with Crippen LogP contribution in [0.2, 0.25) is 0 Å². The molecule has 0 aliphatic heterocycles. The first kappa shape index (κ1) is 15.5. The molecule has 0 aromatic heterocycles. The van der Waals surface area contributed by atoms with Gasteiger partial charge in [0, 0.05) is 22.3 Å². The second kappa shape index (κ2) is 7.22. The molecule has 0 bridgehead atoms. The van der Waals surface area contributed by atoms with E-state index >= 15 is 0 Å². The summed E-state index contributed by atoms with van der Waals surface area (Å²) in [5.41, 5.74) is 1.88. The zero-order valence-electron chi connectivity index (χ0n) is 11.5. The van der Waals surface area contributed by atoms with Gasteiger partial charge in [-0.2, -0.15) is 0 Å². The molecule has 0 heterocycles. The highest BCUT2D eigenvalue weighted by molar-refractivity contribution is 9.10. The fraction of sp³-hybridized carbons (Fsp3) is 0.188. The van der Waals surface area contributed by atoms with E-state index in [2.05, 4.69) is 21.2 Å². The van der Waals surface area contributed by atoms with Crippen molar-refractivity contribution in [2.45, 2.75) is 13.5 Å². The molecule has 5 heteroatoms. The van der Waals surface area contributed by atoms with Crippen LogP contribution in [-0.4, -0.2) is 12.6 Å². The Balaban J connectivity index is 1.99. The Hall–Kier alpha value is -1.88. The highest BCUT2D eigenvalue weighted by Gasteiger charge is 2.06. The molecule has 0 radical (unpaired) electrons.